The maximum Gasteiger partial charge on any atom is 0.410 e. The van der Waals surface area contributed by atoms with Crippen LogP contribution in [0.15, 0.2) is 34.9 Å². The van der Waals surface area contributed by atoms with Crippen LogP contribution in [0.5, 0.6) is 0 Å². The molecule has 3 saturated heterocycles. The van der Waals surface area contributed by atoms with E-state index in [0.29, 0.717) is 17.0 Å². The number of nitro groups is 1. The molecule has 1 aromatic rings. The highest BCUT2D eigenvalue weighted by Gasteiger charge is 2.60. The maximum atomic E-state index is 13.5. The van der Waals surface area contributed by atoms with E-state index in [-0.39, 0.29) is 54.1 Å². The summed E-state index contributed by atoms with van der Waals surface area (Å²) in [6.45, 7) is 4.81. The van der Waals surface area contributed by atoms with Crippen molar-refractivity contribution in [1.82, 2.24) is 20.0 Å². The number of rotatable bonds is 9. The molecule has 0 aliphatic carbocycles. The van der Waals surface area contributed by atoms with Crippen LogP contribution in [0.2, 0.25) is 0 Å². The Bertz CT molecular complexity index is 1350. The summed E-state index contributed by atoms with van der Waals surface area (Å²) in [5.41, 5.74) is 0.335. The fourth-order valence-corrected chi connectivity index (χ4v) is 8.01. The summed E-state index contributed by atoms with van der Waals surface area (Å²) in [7, 11) is 1.96. The molecule has 14 nitrogen and oxygen atoms in total. The van der Waals surface area contributed by atoms with Gasteiger partial charge in [-0.2, -0.15) is 0 Å². The molecule has 1 aromatic carbocycles. The molecular weight excluding hydrogens is 582 g/mol. The van der Waals surface area contributed by atoms with Gasteiger partial charge in [-0.25, -0.2) is 9.59 Å². The number of β-lactam (4-membered cyclic amide) rings is 1. The average molecular weight is 618 g/mol. The molecule has 0 aromatic heterocycles. The van der Waals surface area contributed by atoms with Crippen molar-refractivity contribution in [3.63, 3.8) is 0 Å². The molecule has 0 saturated carbocycles. The average Bonchev–Trinajstić information content (AvgIpc) is 3.62. The summed E-state index contributed by atoms with van der Waals surface area (Å²) in [6.07, 6.45) is -0.636. The van der Waals surface area contributed by atoms with Gasteiger partial charge < -0.3 is 30.1 Å². The summed E-state index contributed by atoms with van der Waals surface area (Å²) in [4.78, 5) is 67.3. The van der Waals surface area contributed by atoms with Crippen LogP contribution in [0.1, 0.15) is 32.3 Å². The zero-order valence-corrected chi connectivity index (χ0v) is 24.9. The number of amides is 3. The number of thioether (sulfide) groups is 1. The first-order chi connectivity index (χ1) is 20.4. The molecule has 4 aliphatic heterocycles. The van der Waals surface area contributed by atoms with E-state index in [1.54, 1.807) is 0 Å². The van der Waals surface area contributed by atoms with Gasteiger partial charge in [-0.3, -0.25) is 24.6 Å². The Balaban J connectivity index is 1.33. The van der Waals surface area contributed by atoms with Crippen LogP contribution in [0.3, 0.4) is 0 Å². The first-order valence-corrected chi connectivity index (χ1v) is 15.1. The third kappa shape index (κ3) is 5.93. The Hall–Kier alpha value is -3.69. The van der Waals surface area contributed by atoms with E-state index in [1.165, 1.54) is 52.8 Å². The van der Waals surface area contributed by atoms with E-state index in [1.807, 2.05) is 14.0 Å². The van der Waals surface area contributed by atoms with E-state index in [9.17, 15) is 39.5 Å². The number of non-ortho nitro benzene ring substituents is 1. The summed E-state index contributed by atoms with van der Waals surface area (Å²) in [6, 6.07) is 4.21. The number of carbonyl (C=O) groups excluding carboxylic acids is 3. The number of nitro benzene ring substituents is 1. The van der Waals surface area contributed by atoms with Crippen LogP contribution >= 0.6 is 11.8 Å². The zero-order valence-electron chi connectivity index (χ0n) is 24.0. The third-order valence-corrected chi connectivity index (χ3v) is 10.1. The fraction of sp³-hybridized carbons (Fsp3) is 0.571. The van der Waals surface area contributed by atoms with Crippen LogP contribution in [-0.2, 0) is 25.7 Å². The van der Waals surface area contributed by atoms with Gasteiger partial charge in [0.2, 0.25) is 11.8 Å². The first kappa shape index (κ1) is 30.8. The number of likely N-dealkylation sites (tertiary alicyclic amines) is 2. The lowest BCUT2D eigenvalue weighted by Gasteiger charge is -2.46. The Morgan fingerprint density at radius 3 is 2.51 bits per heavy atom. The minimum absolute atomic E-state index is 0.0646. The number of hydrogen-bond acceptors (Lipinski definition) is 10. The Morgan fingerprint density at radius 1 is 1.23 bits per heavy atom. The van der Waals surface area contributed by atoms with Gasteiger partial charge in [0.1, 0.15) is 18.3 Å². The van der Waals surface area contributed by atoms with Crippen molar-refractivity contribution >= 4 is 41.3 Å². The number of nitrogens with zero attached hydrogens (tertiary/aromatic N) is 4. The molecule has 4 heterocycles. The number of nitrogens with one attached hydrogen (secondary N) is 1. The highest BCUT2D eigenvalue weighted by molar-refractivity contribution is 8.03. The number of hydrogen-bond donors (Lipinski definition) is 3. The minimum Gasteiger partial charge on any atom is -0.477 e. The van der Waals surface area contributed by atoms with Gasteiger partial charge in [0.15, 0.2) is 0 Å². The van der Waals surface area contributed by atoms with Crippen LogP contribution in [0, 0.1) is 22.0 Å². The number of likely N-dealkylation sites (N-methyl/N-ethyl adjacent to an activating group) is 1. The molecule has 4 aliphatic rings. The smallest absolute Gasteiger partial charge is 0.410 e. The number of carbonyl (C=O) groups is 4. The number of aliphatic carboxylic acids is 1. The molecule has 1 unspecified atom stereocenters. The Labute approximate surface area is 252 Å². The topological polar surface area (TPSA) is 183 Å². The highest BCUT2D eigenvalue weighted by Crippen LogP contribution is 2.52. The lowest BCUT2D eigenvalue weighted by Crippen LogP contribution is -2.63. The molecule has 5 rings (SSSR count). The third-order valence-electron chi connectivity index (χ3n) is 8.65. The number of aliphatic hydroxyl groups is 1. The molecule has 3 fully saturated rings. The predicted molar refractivity (Wildman–Crippen MR) is 153 cm³/mol. The fourth-order valence-electron chi connectivity index (χ4n) is 6.48. The van der Waals surface area contributed by atoms with Gasteiger partial charge in [0, 0.05) is 47.3 Å². The molecule has 3 N–H and O–H groups in total. The molecular formula is C28H35N5O9S. The van der Waals surface area contributed by atoms with Crippen LogP contribution in [0.25, 0.3) is 0 Å². The number of carboxylic acid groups (broad SMARTS) is 1. The maximum absolute atomic E-state index is 13.5. The number of ether oxygens (including phenoxy) is 1. The minimum atomic E-state index is -1.24. The second-order valence-corrected chi connectivity index (χ2v) is 13.0. The lowest BCUT2D eigenvalue weighted by atomic mass is 9.79. The van der Waals surface area contributed by atoms with Crippen molar-refractivity contribution in [2.24, 2.45) is 11.8 Å². The number of fused-ring (bicyclic) bond motifs is 1. The standard InChI is InChI=1S/C28H35N5O9S/c1-14-22-21(15(2)34)26(36)32(22)23(27(37)38)24(14)43-19-10-20(25(35)29-17-8-9-30(3)11-17)31(12-19)28(39)42-13-16-4-6-18(7-5-16)33(40)41/h4-7,14-15,17,19-22,34H,8-13H2,1-3H3,(H,29,35)(H,37,38)/t14-,15?,17+,19+,20+,21-,22-/m1/s1. The van der Waals surface area contributed by atoms with Gasteiger partial charge >= 0.3 is 12.1 Å². The summed E-state index contributed by atoms with van der Waals surface area (Å²) in [5.74, 6) is -3.04. The number of benzene rings is 1. The second-order valence-electron chi connectivity index (χ2n) is 11.7. The van der Waals surface area contributed by atoms with E-state index in [0.717, 1.165) is 13.0 Å². The van der Waals surface area contributed by atoms with Gasteiger partial charge in [-0.15, -0.1) is 11.8 Å². The van der Waals surface area contributed by atoms with Crippen molar-refractivity contribution in [2.45, 2.75) is 62.8 Å². The van der Waals surface area contributed by atoms with Crippen molar-refractivity contribution in [3.05, 3.63) is 50.5 Å². The zero-order chi connectivity index (χ0) is 31.2. The van der Waals surface area contributed by atoms with Crippen molar-refractivity contribution in [3.8, 4) is 0 Å². The quantitative estimate of drug-likeness (QED) is 0.207. The van der Waals surface area contributed by atoms with Crippen molar-refractivity contribution in [2.75, 3.05) is 26.7 Å². The van der Waals surface area contributed by atoms with E-state index < -0.39 is 47.0 Å². The van der Waals surface area contributed by atoms with Gasteiger partial charge in [0.05, 0.1) is 23.0 Å². The molecule has 0 radical (unpaired) electrons. The van der Waals surface area contributed by atoms with Gasteiger partial charge in [0.25, 0.3) is 5.69 Å². The van der Waals surface area contributed by atoms with Crippen LogP contribution in [-0.4, -0.2) is 110 Å². The second kappa shape index (κ2) is 12.1. The summed E-state index contributed by atoms with van der Waals surface area (Å²) in [5, 5.41) is 33.8. The molecule has 7 atom stereocenters. The lowest BCUT2D eigenvalue weighted by molar-refractivity contribution is -0.384. The van der Waals surface area contributed by atoms with Crippen molar-refractivity contribution in [1.29, 1.82) is 0 Å². The first-order valence-electron chi connectivity index (χ1n) is 14.2. The van der Waals surface area contributed by atoms with E-state index in [2.05, 4.69) is 10.2 Å². The summed E-state index contributed by atoms with van der Waals surface area (Å²) < 4.78 is 5.51. The molecule has 15 heteroatoms. The molecule has 43 heavy (non-hydrogen) atoms. The monoisotopic (exact) mass is 617 g/mol. The SMILES string of the molecule is CC(O)[C@H]1C(=O)N2C(C(=O)O)=C(S[C@H]3C[C@@H](C(=O)N[C@H]4CCN(C)C4)N(C(=O)OCc4ccc([N+](=O)[O-])cc4)C3)[C@H](C)[C@H]12. The van der Waals surface area contributed by atoms with E-state index >= 15 is 0 Å². The molecule has 0 spiro atoms. The Kier molecular flexibility index (Phi) is 8.68. The van der Waals surface area contributed by atoms with Gasteiger partial charge in [-0.1, -0.05) is 6.92 Å². The van der Waals surface area contributed by atoms with Crippen LogP contribution in [0.4, 0.5) is 10.5 Å². The Morgan fingerprint density at radius 2 is 1.93 bits per heavy atom. The molecule has 232 valence electrons. The van der Waals surface area contributed by atoms with E-state index in [4.69, 9.17) is 4.74 Å². The highest BCUT2D eigenvalue weighted by atomic mass is 32.2. The molecule has 0 bridgehead atoms. The van der Waals surface area contributed by atoms with Crippen molar-refractivity contribution < 1.29 is 39.1 Å². The van der Waals surface area contributed by atoms with Crippen LogP contribution < -0.4 is 5.32 Å². The number of aliphatic hydroxyl groups excluding tert-OH is 1. The largest absolute Gasteiger partial charge is 0.477 e. The predicted octanol–water partition coefficient (Wildman–Crippen LogP) is 1.38. The number of carboxylic acids is 1. The normalized spacial score (nSPS) is 29.3. The summed E-state index contributed by atoms with van der Waals surface area (Å²) >= 11 is 1.25. The molecule has 3 amide bonds. The van der Waals surface area contributed by atoms with Gasteiger partial charge in [-0.05, 0) is 51.1 Å².